The molecular formula is C15H17NO3. The van der Waals surface area contributed by atoms with Crippen LogP contribution in [-0.4, -0.2) is 11.5 Å². The van der Waals surface area contributed by atoms with Gasteiger partial charge in [0, 0.05) is 23.1 Å². The lowest BCUT2D eigenvalue weighted by molar-refractivity contribution is -0.384. The average Bonchev–Trinajstić information content (AvgIpc) is 2.33. The topological polar surface area (TPSA) is 52.4 Å². The van der Waals surface area contributed by atoms with E-state index >= 15 is 0 Å². The molecule has 0 fully saturated rings. The van der Waals surface area contributed by atoms with Crippen LogP contribution < -0.4 is 4.74 Å². The van der Waals surface area contributed by atoms with Gasteiger partial charge in [0.15, 0.2) is 0 Å². The van der Waals surface area contributed by atoms with E-state index in [9.17, 15) is 10.1 Å². The number of hydrogen-bond donors (Lipinski definition) is 0. The van der Waals surface area contributed by atoms with E-state index in [1.165, 1.54) is 12.1 Å². The molecule has 0 N–H and O–H groups in total. The van der Waals surface area contributed by atoms with E-state index in [1.807, 2.05) is 20.8 Å². The van der Waals surface area contributed by atoms with Gasteiger partial charge in [-0.1, -0.05) is 18.4 Å². The zero-order valence-electron chi connectivity index (χ0n) is 11.4. The Hall–Kier alpha value is -2.28. The molecule has 19 heavy (non-hydrogen) atoms. The smallest absolute Gasteiger partial charge is 0.269 e. The fourth-order valence-electron chi connectivity index (χ4n) is 1.15. The highest BCUT2D eigenvalue weighted by Gasteiger charge is 2.05. The van der Waals surface area contributed by atoms with Crippen LogP contribution in [0.1, 0.15) is 20.8 Å². The Morgan fingerprint density at radius 3 is 2.42 bits per heavy atom. The second kappa shape index (κ2) is 6.05. The molecule has 100 valence electrons. The number of benzene rings is 1. The van der Waals surface area contributed by atoms with Crippen LogP contribution in [0.15, 0.2) is 36.4 Å². The molecule has 0 aliphatic carbocycles. The summed E-state index contributed by atoms with van der Waals surface area (Å²) in [5.74, 6) is 6.57. The summed E-state index contributed by atoms with van der Waals surface area (Å²) in [6, 6.07) is 5.92. The first-order valence-corrected chi connectivity index (χ1v) is 5.86. The van der Waals surface area contributed by atoms with Crippen molar-refractivity contribution in [1.29, 1.82) is 0 Å². The summed E-state index contributed by atoms with van der Waals surface area (Å²) in [5, 5.41) is 10.5. The molecule has 0 saturated carbocycles. The Morgan fingerprint density at radius 1 is 1.37 bits per heavy atom. The molecule has 1 aromatic carbocycles. The molecule has 4 heteroatoms. The Labute approximate surface area is 113 Å². The van der Waals surface area contributed by atoms with E-state index in [1.54, 1.807) is 12.1 Å². The summed E-state index contributed by atoms with van der Waals surface area (Å²) in [6.07, 6.45) is 0. The van der Waals surface area contributed by atoms with Crippen LogP contribution in [0.25, 0.3) is 0 Å². The number of rotatable bonds is 4. The second-order valence-electron chi connectivity index (χ2n) is 5.14. The van der Waals surface area contributed by atoms with Crippen molar-refractivity contribution in [2.24, 2.45) is 5.41 Å². The van der Waals surface area contributed by atoms with Gasteiger partial charge in [-0.25, -0.2) is 0 Å². The van der Waals surface area contributed by atoms with Gasteiger partial charge >= 0.3 is 0 Å². The molecule has 0 bridgehead atoms. The van der Waals surface area contributed by atoms with Gasteiger partial charge in [0.1, 0.15) is 12.4 Å². The minimum absolute atomic E-state index is 0.0405. The molecule has 0 radical (unpaired) electrons. The van der Waals surface area contributed by atoms with Gasteiger partial charge in [0.2, 0.25) is 0 Å². The third kappa shape index (κ3) is 5.73. The van der Waals surface area contributed by atoms with Gasteiger partial charge in [-0.3, -0.25) is 10.1 Å². The predicted octanol–water partition coefficient (Wildman–Crippen LogP) is 3.58. The van der Waals surface area contributed by atoms with E-state index < -0.39 is 4.92 Å². The summed E-state index contributed by atoms with van der Waals surface area (Å²) in [5.41, 5.74) is 0.642. The highest BCUT2D eigenvalue weighted by molar-refractivity contribution is 5.36. The monoisotopic (exact) mass is 259 g/mol. The lowest BCUT2D eigenvalue weighted by Crippen LogP contribution is -2.02. The van der Waals surface area contributed by atoms with E-state index in [4.69, 9.17) is 4.74 Å². The fraction of sp³-hybridized carbons (Fsp3) is 0.333. The molecule has 0 aliphatic rings. The van der Waals surface area contributed by atoms with Gasteiger partial charge in [-0.15, -0.1) is 0 Å². The van der Waals surface area contributed by atoms with Crippen LogP contribution in [0.4, 0.5) is 5.69 Å². The number of ether oxygens (including phenoxy) is 1. The lowest BCUT2D eigenvalue weighted by Gasteiger charge is -2.08. The number of nitro benzene ring substituents is 1. The molecule has 0 amide bonds. The third-order valence-corrected chi connectivity index (χ3v) is 2.07. The van der Waals surface area contributed by atoms with Crippen LogP contribution in [0.2, 0.25) is 0 Å². The van der Waals surface area contributed by atoms with Crippen molar-refractivity contribution in [2.45, 2.75) is 20.8 Å². The van der Waals surface area contributed by atoms with Crippen molar-refractivity contribution in [3.05, 3.63) is 46.5 Å². The van der Waals surface area contributed by atoms with Crippen LogP contribution in [0, 0.1) is 27.4 Å². The van der Waals surface area contributed by atoms with E-state index in [0.717, 1.165) is 0 Å². The first-order valence-electron chi connectivity index (χ1n) is 5.86. The minimum Gasteiger partial charge on any atom is -0.488 e. The first-order chi connectivity index (χ1) is 8.78. The van der Waals surface area contributed by atoms with E-state index in [2.05, 4.69) is 18.4 Å². The predicted molar refractivity (Wildman–Crippen MR) is 75.0 cm³/mol. The maximum atomic E-state index is 10.5. The molecule has 0 aromatic heterocycles. The normalized spacial score (nSPS) is 10.3. The van der Waals surface area contributed by atoms with Crippen LogP contribution >= 0.6 is 0 Å². The molecule has 1 rings (SSSR count). The maximum absolute atomic E-state index is 10.5. The van der Waals surface area contributed by atoms with Gasteiger partial charge < -0.3 is 4.74 Å². The molecule has 4 nitrogen and oxygen atoms in total. The summed E-state index contributed by atoms with van der Waals surface area (Å²) in [4.78, 5) is 10.0. The van der Waals surface area contributed by atoms with Gasteiger partial charge in [-0.05, 0) is 32.9 Å². The van der Waals surface area contributed by atoms with Crippen LogP contribution in [0.3, 0.4) is 0 Å². The summed E-state index contributed by atoms with van der Waals surface area (Å²) in [6.45, 7) is 10.1. The van der Waals surface area contributed by atoms with Crippen molar-refractivity contribution in [3.8, 4) is 17.6 Å². The Bertz CT molecular complexity index is 527. The van der Waals surface area contributed by atoms with Gasteiger partial charge in [0.05, 0.1) is 4.92 Å². The number of nitrogens with zero attached hydrogens (tertiary/aromatic N) is 1. The zero-order valence-corrected chi connectivity index (χ0v) is 11.4. The molecular weight excluding hydrogens is 242 g/mol. The highest BCUT2D eigenvalue weighted by Crippen LogP contribution is 2.17. The SMILES string of the molecule is C=C(C#CC(C)(C)C)COc1ccc([N+](=O)[O-])cc1. The van der Waals surface area contributed by atoms with Crippen molar-refractivity contribution in [2.75, 3.05) is 6.61 Å². The highest BCUT2D eigenvalue weighted by atomic mass is 16.6. The molecule has 0 spiro atoms. The number of nitro groups is 1. The Balaban J connectivity index is 2.55. The maximum Gasteiger partial charge on any atom is 0.269 e. The largest absolute Gasteiger partial charge is 0.488 e. The van der Waals surface area contributed by atoms with Crippen molar-refractivity contribution >= 4 is 5.69 Å². The van der Waals surface area contributed by atoms with E-state index in [0.29, 0.717) is 11.3 Å². The first kappa shape index (κ1) is 14.8. The van der Waals surface area contributed by atoms with Crippen LogP contribution in [-0.2, 0) is 0 Å². The average molecular weight is 259 g/mol. The van der Waals surface area contributed by atoms with Gasteiger partial charge in [-0.2, -0.15) is 0 Å². The fourth-order valence-corrected chi connectivity index (χ4v) is 1.15. The standard InChI is InChI=1S/C15H17NO3/c1-12(9-10-15(2,3)4)11-19-14-7-5-13(6-8-14)16(17)18/h5-8H,1,11H2,2-4H3. The van der Waals surface area contributed by atoms with Crippen LogP contribution in [0.5, 0.6) is 5.75 Å². The lowest BCUT2D eigenvalue weighted by atomic mass is 9.97. The van der Waals surface area contributed by atoms with Crippen molar-refractivity contribution in [1.82, 2.24) is 0 Å². The number of non-ortho nitro benzene ring substituents is 1. The quantitative estimate of drug-likeness (QED) is 0.472. The Morgan fingerprint density at radius 2 is 1.95 bits per heavy atom. The van der Waals surface area contributed by atoms with E-state index in [-0.39, 0.29) is 17.7 Å². The summed E-state index contributed by atoms with van der Waals surface area (Å²) in [7, 11) is 0. The molecule has 0 atom stereocenters. The molecule has 1 aromatic rings. The van der Waals surface area contributed by atoms with Crippen molar-refractivity contribution in [3.63, 3.8) is 0 Å². The second-order valence-corrected chi connectivity index (χ2v) is 5.14. The third-order valence-electron chi connectivity index (χ3n) is 2.07. The minimum atomic E-state index is -0.447. The summed E-state index contributed by atoms with van der Waals surface area (Å²) >= 11 is 0. The molecule has 0 heterocycles. The number of hydrogen-bond acceptors (Lipinski definition) is 3. The van der Waals surface area contributed by atoms with Gasteiger partial charge in [0.25, 0.3) is 5.69 Å². The molecule has 0 aliphatic heterocycles. The summed E-state index contributed by atoms with van der Waals surface area (Å²) < 4.78 is 5.44. The zero-order chi connectivity index (χ0) is 14.5. The van der Waals surface area contributed by atoms with Crippen molar-refractivity contribution < 1.29 is 9.66 Å². The molecule has 0 unspecified atom stereocenters. The molecule has 0 saturated heterocycles. The Kier molecular flexibility index (Phi) is 4.71.